The van der Waals surface area contributed by atoms with Crippen LogP contribution in [0.1, 0.15) is 10.5 Å². The minimum atomic E-state index is -0.673. The van der Waals surface area contributed by atoms with Crippen molar-refractivity contribution in [3.8, 4) is 10.6 Å². The lowest BCUT2D eigenvalue weighted by molar-refractivity contribution is 0.0590. The van der Waals surface area contributed by atoms with Gasteiger partial charge in [0.25, 0.3) is 5.56 Å². The molecule has 0 radical (unpaired) electrons. The third-order valence-corrected chi connectivity index (χ3v) is 4.30. The lowest BCUT2D eigenvalue weighted by Gasteiger charge is -2.00. The van der Waals surface area contributed by atoms with Gasteiger partial charge >= 0.3 is 5.97 Å². The Labute approximate surface area is 137 Å². The highest BCUT2D eigenvalue weighted by atomic mass is 35.5. The van der Waals surface area contributed by atoms with Crippen LogP contribution in [-0.2, 0) is 4.74 Å². The van der Waals surface area contributed by atoms with E-state index in [0.29, 0.717) is 20.6 Å². The zero-order chi connectivity index (χ0) is 15.9. The molecule has 22 heavy (non-hydrogen) atoms. The highest BCUT2D eigenvalue weighted by Gasteiger charge is 2.17. The Kier molecular flexibility index (Phi) is 3.86. The van der Waals surface area contributed by atoms with Crippen molar-refractivity contribution >= 4 is 45.5 Å². The molecule has 0 amide bonds. The van der Waals surface area contributed by atoms with E-state index in [2.05, 4.69) is 14.8 Å². The van der Waals surface area contributed by atoms with Crippen LogP contribution in [-0.4, -0.2) is 27.7 Å². The first kappa shape index (κ1) is 15.0. The summed E-state index contributed by atoms with van der Waals surface area (Å²) in [5.74, 6) is -0.673. The van der Waals surface area contributed by atoms with Gasteiger partial charge in [0.05, 0.1) is 12.1 Å². The third-order valence-electron chi connectivity index (χ3n) is 2.81. The summed E-state index contributed by atoms with van der Waals surface area (Å²) < 4.78 is 5.91. The lowest BCUT2D eigenvalue weighted by atomic mass is 10.2. The van der Waals surface area contributed by atoms with E-state index in [1.807, 2.05) is 0 Å². The number of ether oxygens (including phenoxy) is 1. The first-order valence-electron chi connectivity index (χ1n) is 5.94. The van der Waals surface area contributed by atoms with Gasteiger partial charge in [0, 0.05) is 16.7 Å². The van der Waals surface area contributed by atoms with Gasteiger partial charge in [-0.15, -0.1) is 0 Å². The Bertz CT molecular complexity index is 951. The smallest absolute Gasteiger partial charge is 0.357 e. The molecule has 1 aromatic carbocycles. The van der Waals surface area contributed by atoms with Gasteiger partial charge in [0.15, 0.2) is 5.69 Å². The van der Waals surface area contributed by atoms with E-state index in [4.69, 9.17) is 23.2 Å². The molecule has 0 unspecified atom stereocenters. The van der Waals surface area contributed by atoms with Crippen LogP contribution in [0.3, 0.4) is 0 Å². The zero-order valence-electron chi connectivity index (χ0n) is 11.0. The van der Waals surface area contributed by atoms with E-state index in [-0.39, 0.29) is 10.7 Å². The number of benzene rings is 1. The van der Waals surface area contributed by atoms with Crippen molar-refractivity contribution in [3.63, 3.8) is 0 Å². The van der Waals surface area contributed by atoms with Crippen molar-refractivity contribution in [2.24, 2.45) is 0 Å². The van der Waals surface area contributed by atoms with Crippen LogP contribution in [0.5, 0.6) is 0 Å². The van der Waals surface area contributed by atoms with E-state index >= 15 is 0 Å². The lowest BCUT2D eigenvalue weighted by Crippen LogP contribution is -2.16. The number of fused-ring (bicyclic) bond motifs is 1. The van der Waals surface area contributed by atoms with Gasteiger partial charge < -0.3 is 4.74 Å². The molecule has 0 bridgehead atoms. The minimum Gasteiger partial charge on any atom is -0.464 e. The number of aromatic nitrogens is 3. The number of esters is 1. The number of nitrogens with zero attached hydrogens (tertiary/aromatic N) is 3. The van der Waals surface area contributed by atoms with Crippen LogP contribution in [0.25, 0.3) is 15.5 Å². The number of carbonyl (C=O) groups is 1. The molecule has 0 spiro atoms. The summed E-state index contributed by atoms with van der Waals surface area (Å²) in [6.07, 6.45) is 0. The molecule has 0 aliphatic carbocycles. The van der Waals surface area contributed by atoms with E-state index in [0.717, 1.165) is 17.4 Å². The molecule has 0 fully saturated rings. The van der Waals surface area contributed by atoms with Gasteiger partial charge in [-0.2, -0.15) is 14.6 Å². The predicted molar refractivity (Wildman–Crippen MR) is 83.9 cm³/mol. The Hall–Kier alpha value is -1.96. The fourth-order valence-electron chi connectivity index (χ4n) is 1.84. The second-order valence-electron chi connectivity index (χ2n) is 4.20. The standard InChI is InChI=1S/C13H7Cl2N3O3S/c1-21-12(20)9-5-10(19)16-13-18(9)17-11(22-13)7-3-2-6(14)4-8(7)15/h2-5H,1H3. The molecule has 0 atom stereocenters. The minimum absolute atomic E-state index is 0.00471. The van der Waals surface area contributed by atoms with Crippen LogP contribution in [0.2, 0.25) is 10.0 Å². The van der Waals surface area contributed by atoms with Crippen LogP contribution in [0.4, 0.5) is 0 Å². The van der Waals surface area contributed by atoms with Crippen molar-refractivity contribution in [2.45, 2.75) is 0 Å². The third kappa shape index (κ3) is 2.58. The molecular weight excluding hydrogens is 349 g/mol. The number of methoxy groups -OCH3 is 1. The number of hydrogen-bond donors (Lipinski definition) is 0. The molecule has 0 saturated heterocycles. The van der Waals surface area contributed by atoms with Gasteiger partial charge in [0.2, 0.25) is 4.96 Å². The Morgan fingerprint density at radius 2 is 2.09 bits per heavy atom. The zero-order valence-corrected chi connectivity index (χ0v) is 13.4. The maximum absolute atomic E-state index is 11.7. The molecule has 2 aromatic heterocycles. The number of halogens is 2. The summed E-state index contributed by atoms with van der Waals surface area (Å²) in [5.41, 5.74) is 0.0905. The van der Waals surface area contributed by atoms with Gasteiger partial charge in [-0.1, -0.05) is 34.5 Å². The Morgan fingerprint density at radius 3 is 2.77 bits per heavy atom. The van der Waals surface area contributed by atoms with Crippen molar-refractivity contribution < 1.29 is 9.53 Å². The summed E-state index contributed by atoms with van der Waals surface area (Å²) in [6.45, 7) is 0. The van der Waals surface area contributed by atoms with E-state index in [1.165, 1.54) is 11.6 Å². The average Bonchev–Trinajstić information content (AvgIpc) is 2.88. The molecule has 3 rings (SSSR count). The molecule has 112 valence electrons. The highest BCUT2D eigenvalue weighted by molar-refractivity contribution is 7.19. The second kappa shape index (κ2) is 5.68. The summed E-state index contributed by atoms with van der Waals surface area (Å²) in [6, 6.07) is 6.04. The maximum Gasteiger partial charge on any atom is 0.357 e. The maximum atomic E-state index is 11.7. The topological polar surface area (TPSA) is 73.6 Å². The normalized spacial score (nSPS) is 10.9. The quantitative estimate of drug-likeness (QED) is 0.660. The number of hydrogen-bond acceptors (Lipinski definition) is 6. The van der Waals surface area contributed by atoms with Gasteiger partial charge in [0.1, 0.15) is 5.01 Å². The molecule has 0 aliphatic heterocycles. The van der Waals surface area contributed by atoms with E-state index < -0.39 is 11.5 Å². The largest absolute Gasteiger partial charge is 0.464 e. The van der Waals surface area contributed by atoms with Crippen molar-refractivity contribution in [1.29, 1.82) is 0 Å². The number of carbonyl (C=O) groups excluding carboxylic acids is 1. The SMILES string of the molecule is COC(=O)c1cc(=O)nc2sc(-c3ccc(Cl)cc3Cl)nn12. The molecule has 2 heterocycles. The van der Waals surface area contributed by atoms with E-state index in [1.54, 1.807) is 18.2 Å². The molecule has 0 aliphatic rings. The van der Waals surface area contributed by atoms with Crippen LogP contribution in [0.15, 0.2) is 29.1 Å². The first-order valence-corrected chi connectivity index (χ1v) is 7.51. The molecule has 9 heteroatoms. The summed E-state index contributed by atoms with van der Waals surface area (Å²) in [7, 11) is 1.23. The monoisotopic (exact) mass is 355 g/mol. The van der Waals surface area contributed by atoms with Crippen molar-refractivity contribution in [2.75, 3.05) is 7.11 Å². The van der Waals surface area contributed by atoms with Crippen molar-refractivity contribution in [1.82, 2.24) is 14.6 Å². The predicted octanol–water partition coefficient (Wildman–Crippen LogP) is 2.91. The summed E-state index contributed by atoms with van der Waals surface area (Å²) in [5, 5.41) is 5.70. The van der Waals surface area contributed by atoms with E-state index in [9.17, 15) is 9.59 Å². The molecule has 0 saturated carbocycles. The van der Waals surface area contributed by atoms with Gasteiger partial charge in [-0.3, -0.25) is 4.79 Å². The Balaban J connectivity index is 2.25. The first-order chi connectivity index (χ1) is 10.5. The van der Waals surface area contributed by atoms with Crippen LogP contribution in [0, 0.1) is 0 Å². The molecule has 3 aromatic rings. The Morgan fingerprint density at radius 1 is 1.32 bits per heavy atom. The fraction of sp³-hybridized carbons (Fsp3) is 0.0769. The fourth-order valence-corrected chi connectivity index (χ4v) is 3.34. The average molecular weight is 356 g/mol. The second-order valence-corrected chi connectivity index (χ2v) is 6.00. The van der Waals surface area contributed by atoms with Gasteiger partial charge in [-0.25, -0.2) is 4.79 Å². The molecular formula is C13H7Cl2N3O3S. The summed E-state index contributed by atoms with van der Waals surface area (Å²) in [4.78, 5) is 27.4. The summed E-state index contributed by atoms with van der Waals surface area (Å²) >= 11 is 13.2. The molecule has 0 N–H and O–H groups in total. The molecule has 6 nitrogen and oxygen atoms in total. The number of rotatable bonds is 2. The van der Waals surface area contributed by atoms with Gasteiger partial charge in [-0.05, 0) is 18.2 Å². The van der Waals surface area contributed by atoms with Crippen LogP contribution < -0.4 is 5.56 Å². The van der Waals surface area contributed by atoms with Crippen LogP contribution >= 0.6 is 34.5 Å². The van der Waals surface area contributed by atoms with Crippen molar-refractivity contribution in [3.05, 3.63) is 50.4 Å². The highest BCUT2D eigenvalue weighted by Crippen LogP contribution is 2.32.